The lowest BCUT2D eigenvalue weighted by Gasteiger charge is -2.22. The SMILES string of the molecule is CC(NC1(CO)CC1)C(=O)N(C)C. The molecule has 1 atom stereocenters. The number of rotatable bonds is 4. The molecule has 0 radical (unpaired) electrons. The largest absolute Gasteiger partial charge is 0.394 e. The van der Waals surface area contributed by atoms with Gasteiger partial charge in [-0.1, -0.05) is 0 Å². The normalized spacial score (nSPS) is 20.9. The van der Waals surface area contributed by atoms with E-state index in [-0.39, 0.29) is 24.1 Å². The van der Waals surface area contributed by atoms with Crippen LogP contribution in [0.2, 0.25) is 0 Å². The number of hydrogen-bond acceptors (Lipinski definition) is 3. The minimum absolute atomic E-state index is 0.0553. The Balaban J connectivity index is 2.41. The third-order valence-electron chi connectivity index (χ3n) is 2.49. The molecule has 1 unspecified atom stereocenters. The number of nitrogens with one attached hydrogen (secondary N) is 1. The van der Waals surface area contributed by atoms with E-state index in [1.807, 2.05) is 6.92 Å². The van der Waals surface area contributed by atoms with E-state index in [0.29, 0.717) is 0 Å². The number of nitrogens with zero attached hydrogens (tertiary/aromatic N) is 1. The molecule has 1 amide bonds. The molecule has 0 aliphatic heterocycles. The molecule has 1 saturated carbocycles. The Hall–Kier alpha value is -0.610. The predicted molar refractivity (Wildman–Crippen MR) is 50.3 cm³/mol. The molecular formula is C9H18N2O2. The van der Waals surface area contributed by atoms with Crippen LogP contribution >= 0.6 is 0 Å². The van der Waals surface area contributed by atoms with Gasteiger partial charge in [0.25, 0.3) is 0 Å². The van der Waals surface area contributed by atoms with E-state index in [0.717, 1.165) is 12.8 Å². The van der Waals surface area contributed by atoms with E-state index in [1.165, 1.54) is 0 Å². The molecule has 0 aromatic heterocycles. The van der Waals surface area contributed by atoms with E-state index in [2.05, 4.69) is 5.32 Å². The maximum absolute atomic E-state index is 11.4. The van der Waals surface area contributed by atoms with Crippen molar-refractivity contribution in [3.8, 4) is 0 Å². The van der Waals surface area contributed by atoms with Crippen LogP contribution in [0.4, 0.5) is 0 Å². The predicted octanol–water partition coefficient (Wildman–Crippen LogP) is -0.422. The molecule has 1 aliphatic carbocycles. The first kappa shape index (κ1) is 10.5. The first-order valence-corrected chi connectivity index (χ1v) is 4.60. The number of hydrogen-bond donors (Lipinski definition) is 2. The van der Waals surface area contributed by atoms with Crippen molar-refractivity contribution in [2.75, 3.05) is 20.7 Å². The van der Waals surface area contributed by atoms with Crippen LogP contribution in [0.1, 0.15) is 19.8 Å². The summed E-state index contributed by atoms with van der Waals surface area (Å²) in [5, 5.41) is 12.2. The molecule has 13 heavy (non-hydrogen) atoms. The molecule has 4 heteroatoms. The quantitative estimate of drug-likeness (QED) is 0.627. The third kappa shape index (κ3) is 2.42. The molecule has 0 bridgehead atoms. The Morgan fingerprint density at radius 2 is 2.15 bits per heavy atom. The van der Waals surface area contributed by atoms with Crippen molar-refractivity contribution in [3.05, 3.63) is 0 Å². The van der Waals surface area contributed by atoms with Gasteiger partial charge in [0.05, 0.1) is 12.6 Å². The Labute approximate surface area is 78.9 Å². The smallest absolute Gasteiger partial charge is 0.238 e. The van der Waals surface area contributed by atoms with E-state index in [4.69, 9.17) is 5.11 Å². The van der Waals surface area contributed by atoms with E-state index in [1.54, 1.807) is 19.0 Å². The molecule has 1 rings (SSSR count). The lowest BCUT2D eigenvalue weighted by molar-refractivity contribution is -0.130. The highest BCUT2D eigenvalue weighted by atomic mass is 16.3. The summed E-state index contributed by atoms with van der Waals surface area (Å²) in [6.07, 6.45) is 1.93. The summed E-state index contributed by atoms with van der Waals surface area (Å²) in [5.41, 5.74) is -0.162. The monoisotopic (exact) mass is 186 g/mol. The zero-order valence-electron chi connectivity index (χ0n) is 8.50. The van der Waals surface area contributed by atoms with Gasteiger partial charge in [0.2, 0.25) is 5.91 Å². The van der Waals surface area contributed by atoms with Crippen LogP contribution in [-0.2, 0) is 4.79 Å². The van der Waals surface area contributed by atoms with Gasteiger partial charge in [0.15, 0.2) is 0 Å². The molecule has 1 aliphatic rings. The summed E-state index contributed by atoms with van der Waals surface area (Å²) in [5.74, 6) is 0.0553. The summed E-state index contributed by atoms with van der Waals surface area (Å²) in [6, 6.07) is -0.204. The minimum Gasteiger partial charge on any atom is -0.394 e. The number of amides is 1. The van der Waals surface area contributed by atoms with Gasteiger partial charge in [0.1, 0.15) is 0 Å². The molecule has 76 valence electrons. The van der Waals surface area contributed by atoms with Gasteiger partial charge in [-0.15, -0.1) is 0 Å². The molecule has 0 spiro atoms. The summed E-state index contributed by atoms with van der Waals surface area (Å²) in [4.78, 5) is 13.0. The molecular weight excluding hydrogens is 168 g/mol. The number of aliphatic hydroxyl groups excluding tert-OH is 1. The Bertz CT molecular complexity index is 200. The van der Waals surface area contributed by atoms with Crippen LogP contribution in [-0.4, -0.2) is 48.2 Å². The van der Waals surface area contributed by atoms with Crippen LogP contribution in [0, 0.1) is 0 Å². The van der Waals surface area contributed by atoms with Gasteiger partial charge >= 0.3 is 0 Å². The maximum atomic E-state index is 11.4. The van der Waals surface area contributed by atoms with Crippen molar-refractivity contribution in [1.29, 1.82) is 0 Å². The van der Waals surface area contributed by atoms with Crippen molar-refractivity contribution in [2.45, 2.75) is 31.3 Å². The second-order valence-corrected chi connectivity index (χ2v) is 4.04. The second-order valence-electron chi connectivity index (χ2n) is 4.04. The topological polar surface area (TPSA) is 52.6 Å². The highest BCUT2D eigenvalue weighted by Gasteiger charge is 2.43. The van der Waals surface area contributed by atoms with Crippen LogP contribution < -0.4 is 5.32 Å². The lowest BCUT2D eigenvalue weighted by atomic mass is 10.2. The van der Waals surface area contributed by atoms with Gasteiger partial charge in [-0.25, -0.2) is 0 Å². The van der Waals surface area contributed by atoms with Crippen LogP contribution in [0.5, 0.6) is 0 Å². The van der Waals surface area contributed by atoms with Gasteiger partial charge in [-0.3, -0.25) is 10.1 Å². The Morgan fingerprint density at radius 1 is 1.62 bits per heavy atom. The fourth-order valence-corrected chi connectivity index (χ4v) is 1.41. The minimum atomic E-state index is -0.204. The van der Waals surface area contributed by atoms with Crippen LogP contribution in [0.25, 0.3) is 0 Å². The average Bonchev–Trinajstić information content (AvgIpc) is 2.84. The van der Waals surface area contributed by atoms with Gasteiger partial charge < -0.3 is 10.0 Å². The van der Waals surface area contributed by atoms with Crippen molar-refractivity contribution in [3.63, 3.8) is 0 Å². The van der Waals surface area contributed by atoms with Crippen molar-refractivity contribution < 1.29 is 9.90 Å². The first-order valence-electron chi connectivity index (χ1n) is 4.60. The fraction of sp³-hybridized carbons (Fsp3) is 0.889. The lowest BCUT2D eigenvalue weighted by Crippen LogP contribution is -2.48. The number of carbonyl (C=O) groups excluding carboxylic acids is 1. The molecule has 1 fully saturated rings. The average molecular weight is 186 g/mol. The fourth-order valence-electron chi connectivity index (χ4n) is 1.41. The van der Waals surface area contributed by atoms with Crippen molar-refractivity contribution in [1.82, 2.24) is 10.2 Å². The molecule has 0 aromatic carbocycles. The summed E-state index contributed by atoms with van der Waals surface area (Å²) in [6.45, 7) is 1.95. The zero-order valence-corrected chi connectivity index (χ0v) is 8.50. The molecule has 0 aromatic rings. The van der Waals surface area contributed by atoms with Crippen LogP contribution in [0.3, 0.4) is 0 Å². The highest BCUT2D eigenvalue weighted by molar-refractivity contribution is 5.81. The van der Waals surface area contributed by atoms with Gasteiger partial charge in [0, 0.05) is 19.6 Å². The van der Waals surface area contributed by atoms with Gasteiger partial charge in [-0.2, -0.15) is 0 Å². The van der Waals surface area contributed by atoms with E-state index in [9.17, 15) is 4.79 Å². The highest BCUT2D eigenvalue weighted by Crippen LogP contribution is 2.34. The molecule has 4 nitrogen and oxygen atoms in total. The zero-order chi connectivity index (χ0) is 10.1. The van der Waals surface area contributed by atoms with Crippen molar-refractivity contribution >= 4 is 5.91 Å². The molecule has 0 heterocycles. The summed E-state index contributed by atoms with van der Waals surface area (Å²) in [7, 11) is 3.47. The standard InChI is InChI=1S/C9H18N2O2/c1-7(8(13)11(2)3)10-9(6-12)4-5-9/h7,10,12H,4-6H2,1-3H3. The van der Waals surface area contributed by atoms with Crippen molar-refractivity contribution in [2.24, 2.45) is 0 Å². The number of likely N-dealkylation sites (N-methyl/N-ethyl adjacent to an activating group) is 1. The summed E-state index contributed by atoms with van der Waals surface area (Å²) >= 11 is 0. The Kier molecular flexibility index (Phi) is 2.93. The van der Waals surface area contributed by atoms with E-state index >= 15 is 0 Å². The molecule has 2 N–H and O–H groups in total. The molecule has 0 saturated heterocycles. The number of carbonyl (C=O) groups is 1. The second kappa shape index (κ2) is 3.64. The summed E-state index contributed by atoms with van der Waals surface area (Å²) < 4.78 is 0. The van der Waals surface area contributed by atoms with E-state index < -0.39 is 0 Å². The van der Waals surface area contributed by atoms with Gasteiger partial charge in [-0.05, 0) is 19.8 Å². The Morgan fingerprint density at radius 3 is 2.46 bits per heavy atom. The number of aliphatic hydroxyl groups is 1. The third-order valence-corrected chi connectivity index (χ3v) is 2.49. The first-order chi connectivity index (χ1) is 6.01. The maximum Gasteiger partial charge on any atom is 0.238 e. The van der Waals surface area contributed by atoms with Crippen LogP contribution in [0.15, 0.2) is 0 Å².